The van der Waals surface area contributed by atoms with E-state index in [1.165, 1.54) is 7.11 Å². The van der Waals surface area contributed by atoms with Crippen molar-refractivity contribution in [1.82, 2.24) is 9.48 Å². The van der Waals surface area contributed by atoms with E-state index in [2.05, 4.69) is 10.0 Å². The summed E-state index contributed by atoms with van der Waals surface area (Å²) in [6, 6.07) is 13.9. The van der Waals surface area contributed by atoms with E-state index >= 15 is 0 Å². The van der Waals surface area contributed by atoms with Crippen molar-refractivity contribution in [2.45, 2.75) is 6.54 Å². The highest BCUT2D eigenvalue weighted by molar-refractivity contribution is 6.31. The zero-order chi connectivity index (χ0) is 18.7. The van der Waals surface area contributed by atoms with Crippen LogP contribution < -0.4 is 10.3 Å². The van der Waals surface area contributed by atoms with Gasteiger partial charge >= 0.3 is 5.97 Å². The van der Waals surface area contributed by atoms with Crippen LogP contribution in [0, 0.1) is 5.53 Å². The number of hydrogen-bond acceptors (Lipinski definition) is 5. The van der Waals surface area contributed by atoms with E-state index in [1.807, 2.05) is 18.2 Å². The SMILES string of the molecule is COC(=O)c1c(CN=[N+]=N)c(=O)c2ccc(Cl)cc2n1-c1ccccc1. The lowest BCUT2D eigenvalue weighted by Crippen LogP contribution is -2.24. The third-order valence-corrected chi connectivity index (χ3v) is 4.16. The second-order valence-corrected chi connectivity index (χ2v) is 5.82. The summed E-state index contributed by atoms with van der Waals surface area (Å²) < 4.78 is 6.52. The van der Waals surface area contributed by atoms with Crippen molar-refractivity contribution >= 4 is 28.5 Å². The third kappa shape index (κ3) is 3.01. The highest BCUT2D eigenvalue weighted by Crippen LogP contribution is 2.25. The number of esters is 1. The standard InChI is InChI=1S/C18H14ClN4O3/c1-26-18(25)16-14(10-21-22-20)17(24)13-8-7-11(19)9-15(13)23(16)12-5-3-2-4-6-12/h2-9,20H,10H2,1H3/q+1. The van der Waals surface area contributed by atoms with E-state index < -0.39 is 5.97 Å². The topological polar surface area (TPSA) is 98.6 Å². The summed E-state index contributed by atoms with van der Waals surface area (Å²) in [6.07, 6.45) is 0. The molecule has 3 aromatic rings. The number of para-hydroxylation sites is 1. The molecule has 0 aliphatic heterocycles. The summed E-state index contributed by atoms with van der Waals surface area (Å²) in [4.78, 5) is 28.4. The Kier molecular flexibility index (Phi) is 4.93. The molecule has 130 valence electrons. The van der Waals surface area contributed by atoms with Crippen LogP contribution in [0.15, 0.2) is 58.4 Å². The summed E-state index contributed by atoms with van der Waals surface area (Å²) in [5, 5.41) is 4.39. The van der Waals surface area contributed by atoms with Crippen molar-refractivity contribution in [3.8, 4) is 5.69 Å². The molecule has 7 nitrogen and oxygen atoms in total. The molecular formula is C18H14ClN4O3+. The first-order chi connectivity index (χ1) is 12.6. The minimum atomic E-state index is -0.692. The van der Waals surface area contributed by atoms with Gasteiger partial charge in [0.1, 0.15) is 16.3 Å². The highest BCUT2D eigenvalue weighted by Gasteiger charge is 2.25. The molecule has 0 aliphatic carbocycles. The molecule has 8 heteroatoms. The number of carbonyl (C=O) groups excluding carboxylic acids is 1. The van der Waals surface area contributed by atoms with Crippen LogP contribution in [0.5, 0.6) is 0 Å². The van der Waals surface area contributed by atoms with Crippen molar-refractivity contribution in [2.24, 2.45) is 5.11 Å². The largest absolute Gasteiger partial charge is 0.464 e. The van der Waals surface area contributed by atoms with Gasteiger partial charge in [-0.1, -0.05) is 29.8 Å². The van der Waals surface area contributed by atoms with Crippen molar-refractivity contribution in [3.05, 3.63) is 75.0 Å². The van der Waals surface area contributed by atoms with E-state index in [0.717, 1.165) is 0 Å². The molecule has 0 unspecified atom stereocenters. The molecule has 0 saturated heterocycles. The summed E-state index contributed by atoms with van der Waals surface area (Å²) in [5.74, 6) is -0.692. The average molecular weight is 370 g/mol. The van der Waals surface area contributed by atoms with Gasteiger partial charge in [-0.15, -0.1) is 0 Å². The molecule has 1 aromatic heterocycles. The van der Waals surface area contributed by atoms with Gasteiger partial charge in [-0.2, -0.15) is 0 Å². The summed E-state index contributed by atoms with van der Waals surface area (Å²) in [5.41, 5.74) is 7.76. The fraction of sp³-hybridized carbons (Fsp3) is 0.111. The zero-order valence-electron chi connectivity index (χ0n) is 13.8. The van der Waals surface area contributed by atoms with Crippen LogP contribution in [0.2, 0.25) is 5.02 Å². The van der Waals surface area contributed by atoms with E-state index in [0.29, 0.717) is 21.6 Å². The lowest BCUT2D eigenvalue weighted by molar-refractivity contribution is 0.0589. The second kappa shape index (κ2) is 7.31. The maximum atomic E-state index is 12.9. The van der Waals surface area contributed by atoms with Gasteiger partial charge in [-0.25, -0.2) is 4.79 Å². The summed E-state index contributed by atoms with van der Waals surface area (Å²) >= 11 is 6.13. The lowest BCUT2D eigenvalue weighted by Gasteiger charge is -2.18. The Bertz CT molecular complexity index is 1100. The van der Waals surface area contributed by atoms with E-state index in [1.54, 1.807) is 34.9 Å². The number of fused-ring (bicyclic) bond motifs is 1. The smallest absolute Gasteiger partial charge is 0.355 e. The Morgan fingerprint density at radius 1 is 1.27 bits per heavy atom. The number of halogens is 1. The predicted octanol–water partition coefficient (Wildman–Crippen LogP) is 3.48. The van der Waals surface area contributed by atoms with Crippen molar-refractivity contribution in [3.63, 3.8) is 0 Å². The minimum Gasteiger partial charge on any atom is -0.464 e. The number of hydrogen-bond donors (Lipinski definition) is 1. The molecule has 2 aromatic carbocycles. The quantitative estimate of drug-likeness (QED) is 0.433. The van der Waals surface area contributed by atoms with Gasteiger partial charge in [0.15, 0.2) is 12.0 Å². The monoisotopic (exact) mass is 369 g/mol. The number of pyridine rings is 1. The van der Waals surface area contributed by atoms with Gasteiger partial charge in [0, 0.05) is 16.1 Å². The summed E-state index contributed by atoms with van der Waals surface area (Å²) in [7, 11) is 1.24. The highest BCUT2D eigenvalue weighted by atomic mass is 35.5. The third-order valence-electron chi connectivity index (χ3n) is 3.92. The van der Waals surface area contributed by atoms with E-state index in [-0.39, 0.29) is 23.2 Å². The maximum absolute atomic E-state index is 12.9. The Hall–Kier alpha value is -3.28. The van der Waals surface area contributed by atoms with Gasteiger partial charge in [-0.05, 0) is 30.3 Å². The molecule has 0 spiro atoms. The molecule has 0 radical (unpaired) electrons. The van der Waals surface area contributed by atoms with Crippen LogP contribution in [-0.4, -0.2) is 17.6 Å². The Morgan fingerprint density at radius 2 is 2.00 bits per heavy atom. The number of carbonyl (C=O) groups is 1. The van der Waals surface area contributed by atoms with Crippen molar-refractivity contribution in [1.29, 1.82) is 5.53 Å². The van der Waals surface area contributed by atoms with E-state index in [4.69, 9.17) is 21.9 Å². The van der Waals surface area contributed by atoms with Gasteiger partial charge in [-0.3, -0.25) is 4.79 Å². The van der Waals surface area contributed by atoms with Crippen LogP contribution in [0.1, 0.15) is 16.1 Å². The summed E-state index contributed by atoms with van der Waals surface area (Å²) in [6.45, 7) is -0.210. The van der Waals surface area contributed by atoms with Crippen LogP contribution in [0.4, 0.5) is 0 Å². The number of benzene rings is 2. The number of nitrogens with zero attached hydrogens (tertiary/aromatic N) is 3. The molecule has 0 saturated carbocycles. The first-order valence-electron chi connectivity index (χ1n) is 7.62. The molecule has 0 atom stereocenters. The molecular weight excluding hydrogens is 356 g/mol. The fourth-order valence-electron chi connectivity index (χ4n) is 2.82. The van der Waals surface area contributed by atoms with Gasteiger partial charge < -0.3 is 9.30 Å². The molecule has 1 N–H and O–H groups in total. The number of aromatic nitrogens is 1. The van der Waals surface area contributed by atoms with Crippen LogP contribution in [-0.2, 0) is 11.3 Å². The van der Waals surface area contributed by atoms with Gasteiger partial charge in [0.25, 0.3) is 0 Å². The second-order valence-electron chi connectivity index (χ2n) is 5.38. The predicted molar refractivity (Wildman–Crippen MR) is 96.9 cm³/mol. The molecule has 0 bridgehead atoms. The molecule has 0 amide bonds. The Labute approximate surface area is 153 Å². The van der Waals surface area contributed by atoms with Crippen molar-refractivity contribution in [2.75, 3.05) is 7.11 Å². The first kappa shape index (κ1) is 17.5. The number of nitrogens with one attached hydrogen (secondary N) is 1. The number of methoxy groups -OCH3 is 1. The lowest BCUT2D eigenvalue weighted by atomic mass is 10.1. The number of rotatable bonds is 4. The maximum Gasteiger partial charge on any atom is 0.355 e. The molecule has 0 aliphatic rings. The first-order valence-corrected chi connectivity index (χ1v) is 8.00. The number of ether oxygens (including phenoxy) is 1. The normalized spacial score (nSPS) is 10.4. The van der Waals surface area contributed by atoms with Crippen LogP contribution >= 0.6 is 11.6 Å². The van der Waals surface area contributed by atoms with E-state index in [9.17, 15) is 9.59 Å². The molecule has 3 rings (SSSR count). The Balaban J connectivity index is 2.56. The van der Waals surface area contributed by atoms with Crippen LogP contribution in [0.25, 0.3) is 16.6 Å². The average Bonchev–Trinajstić information content (AvgIpc) is 2.67. The van der Waals surface area contributed by atoms with Gasteiger partial charge in [0.05, 0.1) is 18.2 Å². The zero-order valence-corrected chi connectivity index (χ0v) is 14.5. The minimum absolute atomic E-state index is 0.0332. The Morgan fingerprint density at radius 3 is 2.65 bits per heavy atom. The fourth-order valence-corrected chi connectivity index (χ4v) is 2.98. The molecule has 0 fully saturated rings. The van der Waals surface area contributed by atoms with Crippen LogP contribution in [0.3, 0.4) is 0 Å². The molecule has 26 heavy (non-hydrogen) atoms. The van der Waals surface area contributed by atoms with Gasteiger partial charge in [0.2, 0.25) is 4.91 Å². The molecule has 1 heterocycles. The van der Waals surface area contributed by atoms with Crippen molar-refractivity contribution < 1.29 is 9.53 Å².